The van der Waals surface area contributed by atoms with E-state index in [1.54, 1.807) is 24.3 Å². The second-order valence-corrected chi connectivity index (χ2v) is 15.5. The van der Waals surface area contributed by atoms with Crippen molar-refractivity contribution in [3.05, 3.63) is 47.5 Å². The lowest BCUT2D eigenvalue weighted by atomic mass is 9.76. The monoisotopic (exact) mass is 688 g/mol. The third-order valence-corrected chi connectivity index (χ3v) is 10.9. The molecule has 2 aliphatic carbocycles. The van der Waals surface area contributed by atoms with Gasteiger partial charge in [-0.25, -0.2) is 0 Å². The maximum Gasteiger partial charge on any atom is 0.329 e. The molecule has 264 valence electrons. The number of aliphatic carboxylic acids is 1. The standard InChI is InChI=1S/C34H49N4O9P/c35-28(39)20-27-31(43)36-22-33(14-4-1-2-5-15-33)16-8-9-25(24-12-10-23(11-13-24)21-48(45,46)47)26(19-29(40)41)30(42)38-34(32(44)37-27)17-6-3-7-18-34/h8-13,25-27H,1-7,14-22H2,(H2,35,39)(H,36,43)(H,37,44)(H,38,42)(H,40,41)(H2,45,46,47)/b9-8+/t25-,26+,27+/m1/s1. The number of hydrogen-bond acceptors (Lipinski definition) is 6. The minimum atomic E-state index is -4.33. The van der Waals surface area contributed by atoms with Crippen molar-refractivity contribution in [2.45, 2.75) is 114 Å². The number of carboxylic acid groups (broad SMARTS) is 1. The van der Waals surface area contributed by atoms with E-state index in [1.807, 2.05) is 12.2 Å². The molecule has 0 radical (unpaired) electrons. The maximum atomic E-state index is 14.3. The van der Waals surface area contributed by atoms with Crippen molar-refractivity contribution in [2.75, 3.05) is 6.54 Å². The van der Waals surface area contributed by atoms with Gasteiger partial charge in [-0.05, 0) is 48.6 Å². The predicted octanol–water partition coefficient (Wildman–Crippen LogP) is 3.13. The molecule has 8 N–H and O–H groups in total. The number of nitrogens with one attached hydrogen (secondary N) is 3. The minimum Gasteiger partial charge on any atom is -0.481 e. The molecule has 1 aliphatic heterocycles. The van der Waals surface area contributed by atoms with Gasteiger partial charge in [0.15, 0.2) is 0 Å². The first-order chi connectivity index (χ1) is 22.7. The highest BCUT2D eigenvalue weighted by Gasteiger charge is 2.45. The van der Waals surface area contributed by atoms with Crippen molar-refractivity contribution in [2.24, 2.45) is 17.1 Å². The van der Waals surface area contributed by atoms with E-state index in [0.29, 0.717) is 36.9 Å². The Labute approximate surface area is 281 Å². The second-order valence-electron chi connectivity index (χ2n) is 13.9. The maximum absolute atomic E-state index is 14.3. The van der Waals surface area contributed by atoms with Crippen molar-refractivity contribution in [1.29, 1.82) is 0 Å². The molecule has 48 heavy (non-hydrogen) atoms. The van der Waals surface area contributed by atoms with Gasteiger partial charge in [-0.1, -0.05) is 81.4 Å². The number of hydrogen-bond donors (Lipinski definition) is 7. The first-order valence-corrected chi connectivity index (χ1v) is 18.7. The molecule has 3 aliphatic rings. The molecule has 2 saturated carbocycles. The van der Waals surface area contributed by atoms with E-state index in [9.17, 15) is 43.4 Å². The van der Waals surface area contributed by atoms with E-state index in [0.717, 1.165) is 44.9 Å². The number of nitrogens with two attached hydrogens (primary N) is 1. The summed E-state index contributed by atoms with van der Waals surface area (Å²) in [5.74, 6) is -5.66. The zero-order valence-electron chi connectivity index (χ0n) is 27.3. The molecule has 4 rings (SSSR count). The molecule has 1 aromatic rings. The predicted molar refractivity (Wildman–Crippen MR) is 177 cm³/mol. The summed E-state index contributed by atoms with van der Waals surface area (Å²) in [5, 5.41) is 18.6. The Morgan fingerprint density at radius 2 is 1.48 bits per heavy atom. The van der Waals surface area contributed by atoms with Crippen LogP contribution in [0.3, 0.4) is 0 Å². The van der Waals surface area contributed by atoms with Gasteiger partial charge in [0.05, 0.1) is 24.9 Å². The Kier molecular flexibility index (Phi) is 12.6. The van der Waals surface area contributed by atoms with Gasteiger partial charge < -0.3 is 36.6 Å². The van der Waals surface area contributed by atoms with Crippen molar-refractivity contribution < 1.29 is 43.4 Å². The highest BCUT2D eigenvalue weighted by Crippen LogP contribution is 2.41. The van der Waals surface area contributed by atoms with Gasteiger partial charge in [0.1, 0.15) is 11.6 Å². The first-order valence-electron chi connectivity index (χ1n) is 16.9. The van der Waals surface area contributed by atoms with Crippen LogP contribution in [0.15, 0.2) is 36.4 Å². The van der Waals surface area contributed by atoms with Gasteiger partial charge >= 0.3 is 13.6 Å². The average Bonchev–Trinajstić information content (AvgIpc) is 3.26. The Morgan fingerprint density at radius 3 is 2.06 bits per heavy atom. The highest BCUT2D eigenvalue weighted by atomic mass is 31.2. The van der Waals surface area contributed by atoms with E-state index >= 15 is 0 Å². The summed E-state index contributed by atoms with van der Waals surface area (Å²) in [5.41, 5.74) is 4.68. The number of carboxylic acids is 1. The van der Waals surface area contributed by atoms with Crippen LogP contribution in [0.5, 0.6) is 0 Å². The molecule has 2 spiro atoms. The molecular formula is C34H49N4O9P. The smallest absolute Gasteiger partial charge is 0.329 e. The van der Waals surface area contributed by atoms with Gasteiger partial charge in [0, 0.05) is 12.5 Å². The van der Waals surface area contributed by atoms with E-state index in [-0.39, 0.29) is 18.3 Å². The molecule has 4 amide bonds. The molecule has 2 fully saturated rings. The molecule has 0 saturated heterocycles. The molecule has 0 bridgehead atoms. The third kappa shape index (κ3) is 10.2. The molecule has 14 heteroatoms. The van der Waals surface area contributed by atoms with Crippen LogP contribution < -0.4 is 21.7 Å². The topological polar surface area (TPSA) is 225 Å². The van der Waals surface area contributed by atoms with Gasteiger partial charge in [-0.3, -0.25) is 28.5 Å². The van der Waals surface area contributed by atoms with E-state index < -0.39 is 79.6 Å². The number of carbonyl (C=O) groups is 5. The van der Waals surface area contributed by atoms with E-state index in [2.05, 4.69) is 16.0 Å². The summed E-state index contributed by atoms with van der Waals surface area (Å²) in [7, 11) is -4.33. The minimum absolute atomic E-state index is 0.260. The molecule has 0 aromatic heterocycles. The lowest BCUT2D eigenvalue weighted by Crippen LogP contribution is -2.64. The van der Waals surface area contributed by atoms with Crippen LogP contribution >= 0.6 is 7.60 Å². The lowest BCUT2D eigenvalue weighted by molar-refractivity contribution is -0.143. The number of benzene rings is 1. The number of carbonyl (C=O) groups excluding carboxylic acids is 4. The Bertz CT molecular complexity index is 1410. The number of primary amides is 1. The average molecular weight is 689 g/mol. The summed E-state index contributed by atoms with van der Waals surface area (Å²) in [4.78, 5) is 85.1. The van der Waals surface area contributed by atoms with Crippen LogP contribution in [-0.2, 0) is 34.7 Å². The molecule has 1 heterocycles. The van der Waals surface area contributed by atoms with Gasteiger partial charge in [0.2, 0.25) is 23.6 Å². The van der Waals surface area contributed by atoms with Crippen LogP contribution in [0.2, 0.25) is 0 Å². The van der Waals surface area contributed by atoms with Crippen molar-refractivity contribution in [3.8, 4) is 0 Å². The van der Waals surface area contributed by atoms with Crippen molar-refractivity contribution in [1.82, 2.24) is 16.0 Å². The summed E-state index contributed by atoms with van der Waals surface area (Å²) < 4.78 is 11.6. The first kappa shape index (κ1) is 37.3. The fourth-order valence-corrected chi connectivity index (χ4v) is 8.21. The summed E-state index contributed by atoms with van der Waals surface area (Å²) in [6.45, 7) is 0.296. The van der Waals surface area contributed by atoms with Crippen molar-refractivity contribution in [3.63, 3.8) is 0 Å². The number of amides is 4. The Hall–Kier alpha value is -3.54. The molecule has 13 nitrogen and oxygen atoms in total. The fourth-order valence-electron chi connectivity index (χ4n) is 7.53. The van der Waals surface area contributed by atoms with Crippen molar-refractivity contribution >= 4 is 37.2 Å². The highest BCUT2D eigenvalue weighted by molar-refractivity contribution is 7.50. The molecule has 1 aromatic carbocycles. The quantitative estimate of drug-likeness (QED) is 0.165. The van der Waals surface area contributed by atoms with E-state index in [4.69, 9.17) is 5.73 Å². The molecule has 3 atom stereocenters. The van der Waals surface area contributed by atoms with Gasteiger partial charge in [0.25, 0.3) is 0 Å². The molecule has 0 unspecified atom stereocenters. The Balaban J connectivity index is 1.81. The summed E-state index contributed by atoms with van der Waals surface area (Å²) >= 11 is 0. The zero-order valence-corrected chi connectivity index (χ0v) is 28.2. The van der Waals surface area contributed by atoms with E-state index in [1.165, 1.54) is 0 Å². The third-order valence-electron chi connectivity index (χ3n) is 10.1. The second kappa shape index (κ2) is 16.2. The normalized spacial score (nSPS) is 26.2. The van der Waals surface area contributed by atoms with Gasteiger partial charge in [-0.15, -0.1) is 0 Å². The van der Waals surface area contributed by atoms with Crippen LogP contribution in [0.25, 0.3) is 0 Å². The molecular weight excluding hydrogens is 639 g/mol. The largest absolute Gasteiger partial charge is 0.481 e. The summed E-state index contributed by atoms with van der Waals surface area (Å²) in [6.07, 6.45) is 11.0. The zero-order chi connectivity index (χ0) is 35.0. The lowest BCUT2D eigenvalue weighted by Gasteiger charge is -2.39. The van der Waals surface area contributed by atoms with Crippen LogP contribution in [-0.4, -0.2) is 62.6 Å². The summed E-state index contributed by atoms with van der Waals surface area (Å²) in [6, 6.07) is 5.17. The SMILES string of the molecule is NC(=O)C[C@@H]1NC(=O)C2(CCCCC2)NC(=O)[C@@H](CC(=O)O)[C@@H](c2ccc(CP(=O)(O)O)cc2)/C=C/CC2(CCCCCC2)CNC1=O. The van der Waals surface area contributed by atoms with Crippen LogP contribution in [0, 0.1) is 11.3 Å². The fraction of sp³-hybridized carbons (Fsp3) is 0.618. The number of rotatable bonds is 7. The van der Waals surface area contributed by atoms with Gasteiger partial charge in [-0.2, -0.15) is 0 Å². The van der Waals surface area contributed by atoms with Crippen LogP contribution in [0.4, 0.5) is 0 Å². The van der Waals surface area contributed by atoms with Crippen LogP contribution in [0.1, 0.15) is 107 Å². The number of allylic oxidation sites excluding steroid dienone is 2. The Morgan fingerprint density at radius 1 is 0.875 bits per heavy atom.